The van der Waals surface area contributed by atoms with Gasteiger partial charge in [0.15, 0.2) is 0 Å². The number of nitrogens with zero attached hydrogens (tertiary/aromatic N) is 1. The second-order valence-corrected chi connectivity index (χ2v) is 10.7. The smallest absolute Gasteiger partial charge is 0.238 e. The minimum absolute atomic E-state index is 0.0194. The zero-order chi connectivity index (χ0) is 20.4. The van der Waals surface area contributed by atoms with Crippen molar-refractivity contribution in [3.8, 4) is 0 Å². The molecular weight excluding hydrogens is 448 g/mol. The summed E-state index contributed by atoms with van der Waals surface area (Å²) in [5.41, 5.74) is 0.539. The maximum atomic E-state index is 12.6. The molecule has 3 N–H and O–H groups in total. The van der Waals surface area contributed by atoms with Crippen molar-refractivity contribution < 1.29 is 9.59 Å². The highest BCUT2D eigenvalue weighted by atomic mass is 35.5. The first kappa shape index (κ1) is 21.2. The van der Waals surface area contributed by atoms with Crippen LogP contribution in [-0.2, 0) is 9.59 Å². The number of rotatable bonds is 5. The Morgan fingerprint density at radius 3 is 2.72 bits per heavy atom. The lowest BCUT2D eigenvalue weighted by atomic mass is 9.95. The van der Waals surface area contributed by atoms with Crippen molar-refractivity contribution in [3.05, 3.63) is 29.3 Å². The Morgan fingerprint density at radius 1 is 1.28 bits per heavy atom. The molecule has 1 aromatic rings. The SMILES string of the molecule is O=C(CSC1NC(=O)C2SC(=S)N(c3ccc(Cl)cc3)C2N1)NC1CCCCC1. The molecular formula is C19H23ClN4O2S3. The molecule has 0 aromatic heterocycles. The van der Waals surface area contributed by atoms with E-state index in [4.69, 9.17) is 23.8 Å². The van der Waals surface area contributed by atoms with Gasteiger partial charge in [0.1, 0.15) is 21.2 Å². The predicted molar refractivity (Wildman–Crippen MR) is 124 cm³/mol. The van der Waals surface area contributed by atoms with Crippen LogP contribution in [0.15, 0.2) is 24.3 Å². The summed E-state index contributed by atoms with van der Waals surface area (Å²) < 4.78 is 0.644. The van der Waals surface area contributed by atoms with E-state index >= 15 is 0 Å². The number of fused-ring (bicyclic) bond motifs is 1. The molecule has 6 nitrogen and oxygen atoms in total. The molecule has 0 bridgehead atoms. The van der Waals surface area contributed by atoms with Crippen LogP contribution in [0.25, 0.3) is 0 Å². The van der Waals surface area contributed by atoms with E-state index in [9.17, 15) is 9.59 Å². The first-order valence-corrected chi connectivity index (χ1v) is 12.5. The highest BCUT2D eigenvalue weighted by Gasteiger charge is 2.47. The van der Waals surface area contributed by atoms with Gasteiger partial charge in [0.05, 0.1) is 5.75 Å². The molecule has 2 amide bonds. The van der Waals surface area contributed by atoms with Gasteiger partial charge < -0.3 is 15.5 Å². The molecule has 2 heterocycles. The molecule has 0 spiro atoms. The lowest BCUT2D eigenvalue weighted by Gasteiger charge is -2.36. The fraction of sp³-hybridized carbons (Fsp3) is 0.526. The van der Waals surface area contributed by atoms with Gasteiger partial charge in [-0.1, -0.05) is 54.8 Å². The molecule has 4 rings (SSSR count). The molecule has 2 saturated heterocycles. The average molecular weight is 471 g/mol. The zero-order valence-electron chi connectivity index (χ0n) is 15.7. The van der Waals surface area contributed by atoms with Gasteiger partial charge in [0, 0.05) is 16.8 Å². The number of hydrogen-bond donors (Lipinski definition) is 3. The molecule has 156 valence electrons. The summed E-state index contributed by atoms with van der Waals surface area (Å²) in [6.07, 6.45) is 5.47. The summed E-state index contributed by atoms with van der Waals surface area (Å²) in [4.78, 5) is 26.9. The van der Waals surface area contributed by atoms with Crippen molar-refractivity contribution >= 4 is 69.2 Å². The quantitative estimate of drug-likeness (QED) is 0.571. The number of carbonyl (C=O) groups excluding carboxylic acids is 2. The maximum absolute atomic E-state index is 12.6. The lowest BCUT2D eigenvalue weighted by molar-refractivity contribution is -0.123. The third-order valence-electron chi connectivity index (χ3n) is 5.30. The van der Waals surface area contributed by atoms with E-state index in [1.807, 2.05) is 29.2 Å². The lowest BCUT2D eigenvalue weighted by Crippen LogP contribution is -2.64. The molecule has 1 aromatic carbocycles. The van der Waals surface area contributed by atoms with Crippen LogP contribution in [-0.4, -0.2) is 44.8 Å². The van der Waals surface area contributed by atoms with Gasteiger partial charge in [0.2, 0.25) is 11.8 Å². The minimum atomic E-state index is -0.350. The number of hydrogen-bond acceptors (Lipinski definition) is 6. The Balaban J connectivity index is 1.37. The number of anilines is 1. The Bertz CT molecular complexity index is 788. The van der Waals surface area contributed by atoms with E-state index in [0.717, 1.165) is 18.5 Å². The first-order valence-electron chi connectivity index (χ1n) is 9.74. The molecule has 2 aliphatic heterocycles. The van der Waals surface area contributed by atoms with Crippen molar-refractivity contribution in [2.75, 3.05) is 10.7 Å². The third kappa shape index (κ3) is 5.02. The monoisotopic (exact) mass is 470 g/mol. The normalized spacial score (nSPS) is 27.5. The highest BCUT2D eigenvalue weighted by molar-refractivity contribution is 8.24. The van der Waals surface area contributed by atoms with Crippen LogP contribution in [0.1, 0.15) is 32.1 Å². The van der Waals surface area contributed by atoms with Crippen molar-refractivity contribution in [1.29, 1.82) is 0 Å². The molecule has 10 heteroatoms. The topological polar surface area (TPSA) is 73.5 Å². The number of amides is 2. The first-order chi connectivity index (χ1) is 14.0. The number of carbonyl (C=O) groups is 2. The summed E-state index contributed by atoms with van der Waals surface area (Å²) in [5.74, 6) is 0.248. The van der Waals surface area contributed by atoms with Gasteiger partial charge in [-0.2, -0.15) is 0 Å². The fourth-order valence-corrected chi connectivity index (χ4v) is 6.43. The van der Waals surface area contributed by atoms with E-state index in [2.05, 4.69) is 16.0 Å². The third-order valence-corrected chi connectivity index (χ3v) is 8.18. The van der Waals surface area contributed by atoms with Crippen LogP contribution in [0.5, 0.6) is 0 Å². The molecule has 1 aliphatic carbocycles. The van der Waals surface area contributed by atoms with Gasteiger partial charge in [-0.15, -0.1) is 11.8 Å². The van der Waals surface area contributed by atoms with Gasteiger partial charge in [-0.3, -0.25) is 14.9 Å². The van der Waals surface area contributed by atoms with E-state index < -0.39 is 0 Å². The molecule has 3 unspecified atom stereocenters. The van der Waals surface area contributed by atoms with Crippen molar-refractivity contribution in [1.82, 2.24) is 16.0 Å². The number of nitrogens with one attached hydrogen (secondary N) is 3. The molecule has 0 radical (unpaired) electrons. The standard InChI is InChI=1S/C19H23ClN4O2S3/c20-11-6-8-13(9-7-11)24-16-15(29-19(24)27)17(26)23-18(22-16)28-10-14(25)21-12-4-2-1-3-5-12/h6-9,12,15-16,18,22H,1-5,10H2,(H,21,25)(H,23,26). The molecule has 3 fully saturated rings. The number of thioether (sulfide) groups is 2. The summed E-state index contributed by atoms with van der Waals surface area (Å²) >= 11 is 14.3. The summed E-state index contributed by atoms with van der Waals surface area (Å²) in [5, 5.41) is 9.82. The summed E-state index contributed by atoms with van der Waals surface area (Å²) in [7, 11) is 0. The van der Waals surface area contributed by atoms with Gasteiger partial charge in [-0.05, 0) is 37.1 Å². The summed E-state index contributed by atoms with van der Waals surface area (Å²) in [6.45, 7) is 0. The van der Waals surface area contributed by atoms with Crippen LogP contribution in [0.3, 0.4) is 0 Å². The second-order valence-electron chi connectivity index (χ2n) is 7.36. The predicted octanol–water partition coefficient (Wildman–Crippen LogP) is 3.06. The van der Waals surface area contributed by atoms with E-state index in [1.54, 1.807) is 0 Å². The molecule has 3 atom stereocenters. The Morgan fingerprint density at radius 2 is 2.00 bits per heavy atom. The van der Waals surface area contributed by atoms with Crippen LogP contribution >= 0.6 is 47.3 Å². The van der Waals surface area contributed by atoms with E-state index in [0.29, 0.717) is 21.1 Å². The van der Waals surface area contributed by atoms with E-state index in [1.165, 1.54) is 42.8 Å². The summed E-state index contributed by atoms with van der Waals surface area (Å²) in [6, 6.07) is 7.70. The Hall–Kier alpha value is -1.00. The Labute approximate surface area is 189 Å². The molecule has 3 aliphatic rings. The molecule has 1 saturated carbocycles. The van der Waals surface area contributed by atoms with E-state index in [-0.39, 0.29) is 28.7 Å². The van der Waals surface area contributed by atoms with Crippen molar-refractivity contribution in [2.45, 2.75) is 55.1 Å². The number of benzene rings is 1. The van der Waals surface area contributed by atoms with Crippen LogP contribution < -0.4 is 20.9 Å². The molecule has 29 heavy (non-hydrogen) atoms. The van der Waals surface area contributed by atoms with Crippen molar-refractivity contribution in [2.24, 2.45) is 0 Å². The zero-order valence-corrected chi connectivity index (χ0v) is 18.9. The van der Waals surface area contributed by atoms with Crippen LogP contribution in [0.4, 0.5) is 5.69 Å². The van der Waals surface area contributed by atoms with Crippen molar-refractivity contribution in [3.63, 3.8) is 0 Å². The number of halogens is 1. The van der Waals surface area contributed by atoms with Crippen LogP contribution in [0.2, 0.25) is 5.02 Å². The van der Waals surface area contributed by atoms with Gasteiger partial charge in [0.25, 0.3) is 0 Å². The van der Waals surface area contributed by atoms with Crippen LogP contribution in [0, 0.1) is 0 Å². The van der Waals surface area contributed by atoms with Gasteiger partial charge >= 0.3 is 0 Å². The average Bonchev–Trinajstić information content (AvgIpc) is 3.04. The number of thiocarbonyl (C=S) groups is 1. The van der Waals surface area contributed by atoms with Gasteiger partial charge in [-0.25, -0.2) is 0 Å². The highest BCUT2D eigenvalue weighted by Crippen LogP contribution is 2.37. The maximum Gasteiger partial charge on any atom is 0.238 e. The largest absolute Gasteiger partial charge is 0.353 e. The fourth-order valence-electron chi connectivity index (χ4n) is 3.88. The minimum Gasteiger partial charge on any atom is -0.353 e. The Kier molecular flexibility index (Phi) is 6.91. The second kappa shape index (κ2) is 9.43.